The highest BCUT2D eigenvalue weighted by molar-refractivity contribution is 6.42. The Labute approximate surface area is 123 Å². The van der Waals surface area contributed by atoms with Crippen LogP contribution in [0.3, 0.4) is 0 Å². The maximum Gasteiger partial charge on any atom is 0.416 e. The number of benzene rings is 1. The molecule has 0 bridgehead atoms. The highest BCUT2D eigenvalue weighted by Gasteiger charge is 2.34. The van der Waals surface area contributed by atoms with Crippen molar-refractivity contribution in [3.63, 3.8) is 0 Å². The number of halogens is 5. The van der Waals surface area contributed by atoms with Gasteiger partial charge in [-0.05, 0) is 23.8 Å². The Morgan fingerprint density at radius 3 is 2.40 bits per heavy atom. The van der Waals surface area contributed by atoms with E-state index in [1.807, 2.05) is 0 Å². The molecule has 2 N–H and O–H groups in total. The fourth-order valence-electron chi connectivity index (χ4n) is 1.80. The predicted octanol–water partition coefficient (Wildman–Crippen LogP) is 4.46. The van der Waals surface area contributed by atoms with Crippen molar-refractivity contribution in [3.05, 3.63) is 63.4 Å². The van der Waals surface area contributed by atoms with Gasteiger partial charge in [-0.3, -0.25) is 4.98 Å². The number of aromatic nitrogens is 1. The summed E-state index contributed by atoms with van der Waals surface area (Å²) < 4.78 is 38.8. The number of nitrogens with zero attached hydrogens (tertiary/aromatic N) is 1. The molecule has 1 aromatic carbocycles. The summed E-state index contributed by atoms with van der Waals surface area (Å²) in [6.07, 6.45) is -2.31. The molecule has 0 amide bonds. The molecule has 2 aromatic rings. The Kier molecular flexibility index (Phi) is 4.22. The van der Waals surface area contributed by atoms with E-state index in [4.69, 9.17) is 28.9 Å². The molecule has 0 radical (unpaired) electrons. The lowest BCUT2D eigenvalue weighted by molar-refractivity contribution is -0.138. The van der Waals surface area contributed by atoms with Crippen LogP contribution in [0.4, 0.5) is 13.2 Å². The zero-order valence-electron chi connectivity index (χ0n) is 9.96. The normalized spacial score (nSPS) is 13.3. The van der Waals surface area contributed by atoms with Gasteiger partial charge in [-0.15, -0.1) is 0 Å². The highest BCUT2D eigenvalue weighted by atomic mass is 35.5. The number of rotatable bonds is 2. The van der Waals surface area contributed by atoms with Crippen LogP contribution in [0, 0.1) is 0 Å². The quantitative estimate of drug-likeness (QED) is 0.887. The summed E-state index contributed by atoms with van der Waals surface area (Å²) in [5.74, 6) is 0. The summed E-state index contributed by atoms with van der Waals surface area (Å²) in [6.45, 7) is 0. The molecule has 2 nitrogen and oxygen atoms in total. The summed E-state index contributed by atoms with van der Waals surface area (Å²) in [4.78, 5) is 3.71. The van der Waals surface area contributed by atoms with Crippen LogP contribution in [0.1, 0.15) is 22.7 Å². The summed E-state index contributed by atoms with van der Waals surface area (Å²) >= 11 is 11.6. The van der Waals surface area contributed by atoms with Crippen molar-refractivity contribution in [2.75, 3.05) is 0 Å². The van der Waals surface area contributed by atoms with E-state index in [2.05, 4.69) is 4.98 Å². The van der Waals surface area contributed by atoms with Crippen molar-refractivity contribution < 1.29 is 13.2 Å². The van der Waals surface area contributed by atoms with Crippen molar-refractivity contribution >= 4 is 23.2 Å². The van der Waals surface area contributed by atoms with Gasteiger partial charge >= 0.3 is 6.18 Å². The van der Waals surface area contributed by atoms with Crippen molar-refractivity contribution in [1.82, 2.24) is 4.98 Å². The van der Waals surface area contributed by atoms with Crippen molar-refractivity contribution in [3.8, 4) is 0 Å². The molecule has 106 valence electrons. The lowest BCUT2D eigenvalue weighted by atomic mass is 9.97. The number of hydrogen-bond donors (Lipinski definition) is 1. The second-order valence-electron chi connectivity index (χ2n) is 4.11. The van der Waals surface area contributed by atoms with Gasteiger partial charge in [0.25, 0.3) is 0 Å². The van der Waals surface area contributed by atoms with Gasteiger partial charge in [0.05, 0.1) is 21.7 Å². The molecule has 7 heteroatoms. The number of alkyl halides is 3. The lowest BCUT2D eigenvalue weighted by Crippen LogP contribution is -2.18. The molecule has 1 unspecified atom stereocenters. The zero-order chi connectivity index (χ0) is 14.9. The monoisotopic (exact) mass is 320 g/mol. The number of hydrogen-bond acceptors (Lipinski definition) is 2. The van der Waals surface area contributed by atoms with Gasteiger partial charge < -0.3 is 5.73 Å². The van der Waals surface area contributed by atoms with Crippen LogP contribution in [-0.2, 0) is 6.18 Å². The number of nitrogens with two attached hydrogens (primary N) is 1. The standard InChI is InChI=1S/C13H9Cl2F3N2/c14-10-2-1-7(5-11(10)15)12(19)8-6-20-4-3-9(8)13(16,17)18/h1-6,12H,19H2. The van der Waals surface area contributed by atoms with Gasteiger partial charge in [0, 0.05) is 18.0 Å². The Bertz CT molecular complexity index is 629. The van der Waals surface area contributed by atoms with Gasteiger partial charge in [-0.25, -0.2) is 0 Å². The van der Waals surface area contributed by atoms with Crippen LogP contribution in [0.2, 0.25) is 10.0 Å². The minimum Gasteiger partial charge on any atom is -0.320 e. The van der Waals surface area contributed by atoms with E-state index in [-0.39, 0.29) is 10.6 Å². The molecular weight excluding hydrogens is 312 g/mol. The van der Waals surface area contributed by atoms with Crippen LogP contribution in [-0.4, -0.2) is 4.98 Å². The second-order valence-corrected chi connectivity index (χ2v) is 4.93. The first-order chi connectivity index (χ1) is 9.30. The Hall–Kier alpha value is -1.30. The molecule has 0 saturated carbocycles. The summed E-state index contributed by atoms with van der Waals surface area (Å²) in [6, 6.07) is 4.37. The maximum atomic E-state index is 12.9. The molecule has 0 aliphatic heterocycles. The molecule has 0 aliphatic rings. The zero-order valence-corrected chi connectivity index (χ0v) is 11.5. The van der Waals surface area contributed by atoms with E-state index in [0.717, 1.165) is 18.5 Å². The fourth-order valence-corrected chi connectivity index (χ4v) is 2.10. The van der Waals surface area contributed by atoms with Crippen LogP contribution in [0.15, 0.2) is 36.7 Å². The van der Waals surface area contributed by atoms with Gasteiger partial charge in [-0.1, -0.05) is 29.3 Å². The van der Waals surface area contributed by atoms with Gasteiger partial charge in [-0.2, -0.15) is 13.2 Å². The summed E-state index contributed by atoms with van der Waals surface area (Å²) in [5.41, 5.74) is 5.39. The lowest BCUT2D eigenvalue weighted by Gasteiger charge is -2.18. The predicted molar refractivity (Wildman–Crippen MR) is 71.7 cm³/mol. The molecule has 1 aromatic heterocycles. The molecule has 1 heterocycles. The fraction of sp³-hybridized carbons (Fsp3) is 0.154. The third kappa shape index (κ3) is 3.06. The maximum absolute atomic E-state index is 12.9. The molecule has 0 fully saturated rings. The van der Waals surface area contributed by atoms with E-state index < -0.39 is 17.8 Å². The molecule has 1 atom stereocenters. The average molecular weight is 321 g/mol. The first kappa shape index (κ1) is 15.1. The Balaban J connectivity index is 2.48. The minimum absolute atomic E-state index is 0.113. The van der Waals surface area contributed by atoms with Gasteiger partial charge in [0.2, 0.25) is 0 Å². The molecule has 0 saturated heterocycles. The van der Waals surface area contributed by atoms with E-state index in [9.17, 15) is 13.2 Å². The molecular formula is C13H9Cl2F3N2. The Morgan fingerprint density at radius 1 is 1.10 bits per heavy atom. The van der Waals surface area contributed by atoms with Crippen LogP contribution in [0.25, 0.3) is 0 Å². The molecule has 20 heavy (non-hydrogen) atoms. The Morgan fingerprint density at radius 2 is 1.80 bits per heavy atom. The van der Waals surface area contributed by atoms with E-state index in [1.54, 1.807) is 0 Å². The van der Waals surface area contributed by atoms with Crippen molar-refractivity contribution in [1.29, 1.82) is 0 Å². The first-order valence-electron chi connectivity index (χ1n) is 5.52. The third-order valence-electron chi connectivity index (χ3n) is 2.80. The SMILES string of the molecule is NC(c1ccc(Cl)c(Cl)c1)c1cnccc1C(F)(F)F. The van der Waals surface area contributed by atoms with E-state index >= 15 is 0 Å². The minimum atomic E-state index is -4.49. The van der Waals surface area contributed by atoms with Gasteiger partial charge in [0.15, 0.2) is 0 Å². The van der Waals surface area contributed by atoms with Crippen LogP contribution < -0.4 is 5.73 Å². The van der Waals surface area contributed by atoms with Crippen LogP contribution >= 0.6 is 23.2 Å². The smallest absolute Gasteiger partial charge is 0.320 e. The van der Waals surface area contributed by atoms with Crippen molar-refractivity contribution in [2.24, 2.45) is 5.73 Å². The second kappa shape index (κ2) is 5.60. The van der Waals surface area contributed by atoms with Crippen LogP contribution in [0.5, 0.6) is 0 Å². The largest absolute Gasteiger partial charge is 0.416 e. The highest BCUT2D eigenvalue weighted by Crippen LogP contribution is 2.36. The summed E-state index contributed by atoms with van der Waals surface area (Å²) in [5, 5.41) is 0.543. The van der Waals surface area contributed by atoms with E-state index in [0.29, 0.717) is 10.6 Å². The topological polar surface area (TPSA) is 38.9 Å². The van der Waals surface area contributed by atoms with E-state index in [1.165, 1.54) is 18.2 Å². The first-order valence-corrected chi connectivity index (χ1v) is 6.28. The third-order valence-corrected chi connectivity index (χ3v) is 3.53. The summed E-state index contributed by atoms with van der Waals surface area (Å²) in [7, 11) is 0. The molecule has 2 rings (SSSR count). The average Bonchev–Trinajstić information content (AvgIpc) is 2.40. The van der Waals surface area contributed by atoms with Gasteiger partial charge in [0.1, 0.15) is 0 Å². The molecule has 0 aliphatic carbocycles. The van der Waals surface area contributed by atoms with Crippen molar-refractivity contribution in [2.45, 2.75) is 12.2 Å². The number of pyridine rings is 1. The molecule has 0 spiro atoms.